The second-order valence-electron chi connectivity index (χ2n) is 3.49. The summed E-state index contributed by atoms with van der Waals surface area (Å²) in [7, 11) is 0. The molecule has 0 saturated carbocycles. The molecular formula is C10H16N2O2S. The van der Waals surface area contributed by atoms with Crippen LogP contribution in [0.15, 0.2) is 10.9 Å². The van der Waals surface area contributed by atoms with Gasteiger partial charge in [0.25, 0.3) is 0 Å². The topological polar surface area (TPSA) is 53.4 Å². The molecule has 0 fully saturated rings. The van der Waals surface area contributed by atoms with E-state index in [-0.39, 0.29) is 12.5 Å². The molecule has 1 N–H and O–H groups in total. The molecule has 0 aliphatic rings. The van der Waals surface area contributed by atoms with Crippen molar-refractivity contribution in [2.24, 2.45) is 0 Å². The van der Waals surface area contributed by atoms with Crippen molar-refractivity contribution < 1.29 is 9.90 Å². The first-order valence-electron chi connectivity index (χ1n) is 4.96. The molecule has 1 unspecified atom stereocenters. The summed E-state index contributed by atoms with van der Waals surface area (Å²) in [4.78, 5) is 16.9. The summed E-state index contributed by atoms with van der Waals surface area (Å²) in [6.45, 7) is 5.54. The standard InChI is InChI=1S/C10H16N2O2S/c1-3-12(8(2)4-10(13)14)5-9-6-15-7-11-9/h6-8H,3-5H2,1-2H3,(H,13,14). The fraction of sp³-hybridized carbons (Fsp3) is 0.600. The van der Waals surface area contributed by atoms with Gasteiger partial charge in [0, 0.05) is 18.0 Å². The largest absolute Gasteiger partial charge is 0.481 e. The van der Waals surface area contributed by atoms with Crippen molar-refractivity contribution in [3.8, 4) is 0 Å². The lowest BCUT2D eigenvalue weighted by Gasteiger charge is -2.25. The van der Waals surface area contributed by atoms with E-state index in [4.69, 9.17) is 5.11 Å². The maximum absolute atomic E-state index is 10.6. The smallest absolute Gasteiger partial charge is 0.304 e. The predicted molar refractivity (Wildman–Crippen MR) is 59.9 cm³/mol. The van der Waals surface area contributed by atoms with Gasteiger partial charge in [-0.15, -0.1) is 11.3 Å². The van der Waals surface area contributed by atoms with Crippen LogP contribution in [0.25, 0.3) is 0 Å². The van der Waals surface area contributed by atoms with Crippen molar-refractivity contribution in [3.63, 3.8) is 0 Å². The molecule has 0 aromatic carbocycles. The van der Waals surface area contributed by atoms with Gasteiger partial charge < -0.3 is 5.11 Å². The fourth-order valence-electron chi connectivity index (χ4n) is 1.48. The van der Waals surface area contributed by atoms with E-state index < -0.39 is 5.97 Å². The molecule has 0 radical (unpaired) electrons. The van der Waals surface area contributed by atoms with E-state index in [1.807, 2.05) is 19.2 Å². The molecule has 84 valence electrons. The van der Waals surface area contributed by atoms with E-state index >= 15 is 0 Å². The van der Waals surface area contributed by atoms with Gasteiger partial charge in [-0.3, -0.25) is 9.69 Å². The molecule has 4 nitrogen and oxygen atoms in total. The molecule has 1 aromatic rings. The Morgan fingerprint density at radius 3 is 2.93 bits per heavy atom. The Morgan fingerprint density at radius 2 is 2.47 bits per heavy atom. The molecule has 1 heterocycles. The van der Waals surface area contributed by atoms with Crippen LogP contribution in [0.1, 0.15) is 26.0 Å². The normalized spacial score (nSPS) is 13.0. The summed E-state index contributed by atoms with van der Waals surface area (Å²) in [5.41, 5.74) is 2.81. The van der Waals surface area contributed by atoms with Gasteiger partial charge in [0.15, 0.2) is 0 Å². The first-order valence-corrected chi connectivity index (χ1v) is 5.90. The Morgan fingerprint density at radius 1 is 1.73 bits per heavy atom. The Bertz CT molecular complexity index is 300. The monoisotopic (exact) mass is 228 g/mol. The number of rotatable bonds is 6. The quantitative estimate of drug-likeness (QED) is 0.807. The van der Waals surface area contributed by atoms with Gasteiger partial charge in [0.05, 0.1) is 17.6 Å². The first-order chi connectivity index (χ1) is 7.13. The number of nitrogens with zero attached hydrogens (tertiary/aromatic N) is 2. The zero-order valence-corrected chi connectivity index (χ0v) is 9.83. The first kappa shape index (κ1) is 12.1. The zero-order valence-electron chi connectivity index (χ0n) is 9.01. The van der Waals surface area contributed by atoms with Gasteiger partial charge >= 0.3 is 5.97 Å². The van der Waals surface area contributed by atoms with Crippen LogP contribution in [-0.2, 0) is 11.3 Å². The molecular weight excluding hydrogens is 212 g/mol. The van der Waals surface area contributed by atoms with Gasteiger partial charge in [-0.1, -0.05) is 6.92 Å². The Labute approximate surface area is 93.6 Å². The maximum Gasteiger partial charge on any atom is 0.304 e. The van der Waals surface area contributed by atoms with Gasteiger partial charge in [0.2, 0.25) is 0 Å². The molecule has 1 rings (SSSR count). The minimum absolute atomic E-state index is 0.0502. The minimum atomic E-state index is -0.751. The number of hydrogen-bond acceptors (Lipinski definition) is 4. The van der Waals surface area contributed by atoms with E-state index in [1.165, 1.54) is 0 Å². The summed E-state index contributed by atoms with van der Waals surface area (Å²) in [6.07, 6.45) is 0.179. The zero-order chi connectivity index (χ0) is 11.3. The number of hydrogen-bond donors (Lipinski definition) is 1. The van der Waals surface area contributed by atoms with Crippen molar-refractivity contribution in [2.45, 2.75) is 32.9 Å². The van der Waals surface area contributed by atoms with E-state index in [0.29, 0.717) is 0 Å². The summed E-state index contributed by atoms with van der Waals surface area (Å²) < 4.78 is 0. The molecule has 0 aliphatic carbocycles. The van der Waals surface area contributed by atoms with Crippen molar-refractivity contribution >= 4 is 17.3 Å². The van der Waals surface area contributed by atoms with Crippen LogP contribution < -0.4 is 0 Å². The van der Waals surface area contributed by atoms with Crippen LogP contribution >= 0.6 is 11.3 Å². The number of carboxylic acid groups (broad SMARTS) is 1. The van der Waals surface area contributed by atoms with Gasteiger partial charge in [-0.25, -0.2) is 4.98 Å². The highest BCUT2D eigenvalue weighted by atomic mass is 32.1. The van der Waals surface area contributed by atoms with Crippen LogP contribution in [0.2, 0.25) is 0 Å². The highest BCUT2D eigenvalue weighted by molar-refractivity contribution is 7.07. The van der Waals surface area contributed by atoms with Crippen molar-refractivity contribution in [1.82, 2.24) is 9.88 Å². The summed E-state index contributed by atoms with van der Waals surface area (Å²) >= 11 is 1.56. The summed E-state index contributed by atoms with van der Waals surface area (Å²) in [6, 6.07) is 0.0502. The molecule has 0 aliphatic heterocycles. The van der Waals surface area contributed by atoms with Crippen LogP contribution in [0.5, 0.6) is 0 Å². The predicted octanol–water partition coefficient (Wildman–Crippen LogP) is 1.83. The molecule has 0 amide bonds. The van der Waals surface area contributed by atoms with Crippen LogP contribution in [0.3, 0.4) is 0 Å². The second-order valence-corrected chi connectivity index (χ2v) is 4.21. The van der Waals surface area contributed by atoms with Gasteiger partial charge in [-0.05, 0) is 13.5 Å². The lowest BCUT2D eigenvalue weighted by molar-refractivity contribution is -0.138. The third kappa shape index (κ3) is 3.97. The Balaban J connectivity index is 2.51. The van der Waals surface area contributed by atoms with E-state index in [9.17, 15) is 4.79 Å². The lowest BCUT2D eigenvalue weighted by Crippen LogP contribution is -2.34. The highest BCUT2D eigenvalue weighted by Gasteiger charge is 2.16. The molecule has 0 bridgehead atoms. The van der Waals surface area contributed by atoms with E-state index in [0.717, 1.165) is 18.8 Å². The molecule has 0 saturated heterocycles. The molecule has 5 heteroatoms. The SMILES string of the molecule is CCN(Cc1cscn1)C(C)CC(=O)O. The fourth-order valence-corrected chi connectivity index (χ4v) is 2.03. The third-order valence-corrected chi connectivity index (χ3v) is 2.98. The second kappa shape index (κ2) is 5.82. The van der Waals surface area contributed by atoms with Gasteiger partial charge in [-0.2, -0.15) is 0 Å². The van der Waals surface area contributed by atoms with Crippen LogP contribution in [0.4, 0.5) is 0 Å². The summed E-state index contributed by atoms with van der Waals surface area (Å²) in [5, 5.41) is 10.7. The molecule has 0 spiro atoms. The maximum atomic E-state index is 10.6. The van der Waals surface area contributed by atoms with Crippen molar-refractivity contribution in [1.29, 1.82) is 0 Å². The molecule has 1 aromatic heterocycles. The average Bonchev–Trinajstić information content (AvgIpc) is 2.65. The van der Waals surface area contributed by atoms with E-state index in [2.05, 4.69) is 9.88 Å². The third-order valence-electron chi connectivity index (χ3n) is 2.35. The molecule has 15 heavy (non-hydrogen) atoms. The molecule has 1 atom stereocenters. The van der Waals surface area contributed by atoms with Gasteiger partial charge in [0.1, 0.15) is 0 Å². The van der Waals surface area contributed by atoms with E-state index in [1.54, 1.807) is 16.8 Å². The number of carbonyl (C=O) groups is 1. The van der Waals surface area contributed by atoms with Crippen LogP contribution in [-0.4, -0.2) is 33.5 Å². The lowest BCUT2D eigenvalue weighted by atomic mass is 10.2. The minimum Gasteiger partial charge on any atom is -0.481 e. The number of aliphatic carboxylic acids is 1. The van der Waals surface area contributed by atoms with Crippen molar-refractivity contribution in [3.05, 3.63) is 16.6 Å². The highest BCUT2D eigenvalue weighted by Crippen LogP contribution is 2.10. The Hall–Kier alpha value is -0.940. The number of carboxylic acids is 1. The summed E-state index contributed by atoms with van der Waals surface area (Å²) in [5.74, 6) is -0.751. The number of thiazole rings is 1. The van der Waals surface area contributed by atoms with Crippen LogP contribution in [0, 0.1) is 0 Å². The Kier molecular flexibility index (Phi) is 4.71. The average molecular weight is 228 g/mol. The van der Waals surface area contributed by atoms with Crippen molar-refractivity contribution in [2.75, 3.05) is 6.54 Å². The number of aromatic nitrogens is 1.